The van der Waals surface area contributed by atoms with Crippen molar-refractivity contribution in [1.29, 1.82) is 0 Å². The Hall–Kier alpha value is -0.660. The number of piperidine rings is 1. The van der Waals surface area contributed by atoms with Crippen molar-refractivity contribution in [2.24, 2.45) is 0 Å². The first-order chi connectivity index (χ1) is 8.98. The molecular weight excluding hydrogens is 266 g/mol. The molecule has 2 aliphatic rings. The van der Waals surface area contributed by atoms with Crippen LogP contribution in [-0.4, -0.2) is 54.7 Å². The Morgan fingerprint density at radius 3 is 2.63 bits per heavy atom. The second-order valence-electron chi connectivity index (χ2n) is 5.29. The van der Waals surface area contributed by atoms with E-state index in [9.17, 15) is 13.2 Å². The number of hydrogen-bond donors (Lipinski definition) is 1. The summed E-state index contributed by atoms with van der Waals surface area (Å²) in [4.78, 5) is 11.8. The minimum atomic E-state index is -3.52. The number of carbonyl (C=O) groups is 1. The second kappa shape index (κ2) is 5.76. The van der Waals surface area contributed by atoms with E-state index in [0.717, 1.165) is 19.3 Å². The van der Waals surface area contributed by atoms with Crippen LogP contribution in [0.1, 0.15) is 39.5 Å². The van der Waals surface area contributed by atoms with Crippen molar-refractivity contribution in [2.75, 3.05) is 19.6 Å². The van der Waals surface area contributed by atoms with Gasteiger partial charge in [-0.05, 0) is 26.2 Å². The van der Waals surface area contributed by atoms with E-state index in [4.69, 9.17) is 0 Å². The zero-order valence-electron chi connectivity index (χ0n) is 11.6. The summed E-state index contributed by atoms with van der Waals surface area (Å²) in [5, 5.41) is 2.74. The summed E-state index contributed by atoms with van der Waals surface area (Å²) >= 11 is 0. The number of nitrogens with zero attached hydrogens (tertiary/aromatic N) is 2. The van der Waals surface area contributed by atoms with Crippen LogP contribution >= 0.6 is 0 Å². The fourth-order valence-electron chi connectivity index (χ4n) is 2.91. The van der Waals surface area contributed by atoms with Crippen LogP contribution in [-0.2, 0) is 15.0 Å². The summed E-state index contributed by atoms with van der Waals surface area (Å²) in [6, 6.07) is -0.533. The Kier molecular flexibility index (Phi) is 4.47. The van der Waals surface area contributed by atoms with Gasteiger partial charge in [-0.1, -0.05) is 13.3 Å². The molecule has 2 rings (SSSR count). The number of hydrogen-bond acceptors (Lipinski definition) is 3. The van der Waals surface area contributed by atoms with Crippen molar-refractivity contribution >= 4 is 16.1 Å². The summed E-state index contributed by atoms with van der Waals surface area (Å²) in [7, 11) is -3.52. The maximum atomic E-state index is 12.7. The van der Waals surface area contributed by atoms with E-state index in [1.807, 2.05) is 13.8 Å². The number of nitrogens with one attached hydrogen (secondary N) is 1. The number of amides is 1. The molecule has 0 saturated carbocycles. The lowest BCUT2D eigenvalue weighted by Crippen LogP contribution is -2.61. The molecular formula is C12H23N3O3S. The largest absolute Gasteiger partial charge is 0.353 e. The maximum Gasteiger partial charge on any atom is 0.283 e. The third-order valence-corrected chi connectivity index (χ3v) is 6.17. The zero-order chi connectivity index (χ0) is 14.0. The Morgan fingerprint density at radius 1 is 1.26 bits per heavy atom. The first-order valence-corrected chi connectivity index (χ1v) is 8.44. The lowest BCUT2D eigenvalue weighted by atomic mass is 10.1. The van der Waals surface area contributed by atoms with Crippen molar-refractivity contribution in [1.82, 2.24) is 13.9 Å². The van der Waals surface area contributed by atoms with Gasteiger partial charge in [0.25, 0.3) is 10.2 Å². The van der Waals surface area contributed by atoms with Crippen LogP contribution in [0.25, 0.3) is 0 Å². The molecule has 1 amide bonds. The van der Waals surface area contributed by atoms with Crippen molar-refractivity contribution in [3.05, 3.63) is 0 Å². The van der Waals surface area contributed by atoms with E-state index < -0.39 is 16.3 Å². The molecule has 0 aromatic heterocycles. The molecule has 7 heteroatoms. The number of piperazine rings is 1. The third kappa shape index (κ3) is 2.78. The van der Waals surface area contributed by atoms with Gasteiger partial charge in [0.15, 0.2) is 0 Å². The lowest BCUT2D eigenvalue weighted by Gasteiger charge is -2.40. The molecule has 2 heterocycles. The van der Waals surface area contributed by atoms with Gasteiger partial charge in [0, 0.05) is 25.7 Å². The number of carbonyl (C=O) groups excluding carboxylic acids is 1. The SMILES string of the molecule is CCC1C(=O)NCCN1S(=O)(=O)N1CCCCC1C. The van der Waals surface area contributed by atoms with E-state index in [1.165, 1.54) is 4.31 Å². The van der Waals surface area contributed by atoms with E-state index in [-0.39, 0.29) is 11.9 Å². The molecule has 0 aliphatic carbocycles. The zero-order valence-corrected chi connectivity index (χ0v) is 12.4. The molecule has 0 aromatic carbocycles. The predicted molar refractivity (Wildman–Crippen MR) is 72.7 cm³/mol. The molecule has 19 heavy (non-hydrogen) atoms. The van der Waals surface area contributed by atoms with Gasteiger partial charge < -0.3 is 5.32 Å². The topological polar surface area (TPSA) is 69.7 Å². The van der Waals surface area contributed by atoms with Crippen LogP contribution in [0.3, 0.4) is 0 Å². The molecule has 0 bridgehead atoms. The van der Waals surface area contributed by atoms with Gasteiger partial charge in [0.2, 0.25) is 5.91 Å². The minimum Gasteiger partial charge on any atom is -0.353 e. The summed E-state index contributed by atoms with van der Waals surface area (Å²) in [6.07, 6.45) is 3.38. The van der Waals surface area contributed by atoms with Crippen LogP contribution in [0.2, 0.25) is 0 Å². The monoisotopic (exact) mass is 289 g/mol. The van der Waals surface area contributed by atoms with E-state index >= 15 is 0 Å². The summed E-state index contributed by atoms with van der Waals surface area (Å²) in [5.41, 5.74) is 0. The lowest BCUT2D eigenvalue weighted by molar-refractivity contribution is -0.126. The van der Waals surface area contributed by atoms with Gasteiger partial charge in [-0.25, -0.2) is 0 Å². The average molecular weight is 289 g/mol. The van der Waals surface area contributed by atoms with Gasteiger partial charge in [-0.15, -0.1) is 0 Å². The quantitative estimate of drug-likeness (QED) is 0.813. The fourth-order valence-corrected chi connectivity index (χ4v) is 4.99. The first kappa shape index (κ1) is 14.7. The standard InChI is InChI=1S/C12H23N3O3S/c1-3-11-12(16)13-7-9-15(11)19(17,18)14-8-5-4-6-10(14)2/h10-11H,3-9H2,1-2H3,(H,13,16). The fraction of sp³-hybridized carbons (Fsp3) is 0.917. The first-order valence-electron chi connectivity index (χ1n) is 7.04. The van der Waals surface area contributed by atoms with Gasteiger partial charge >= 0.3 is 0 Å². The molecule has 2 saturated heterocycles. The van der Waals surface area contributed by atoms with Crippen LogP contribution in [0.15, 0.2) is 0 Å². The molecule has 6 nitrogen and oxygen atoms in total. The molecule has 0 spiro atoms. The summed E-state index contributed by atoms with van der Waals surface area (Å²) in [6.45, 7) is 5.13. The summed E-state index contributed by atoms with van der Waals surface area (Å²) in [5.74, 6) is -0.179. The molecule has 2 atom stereocenters. The average Bonchev–Trinajstić information content (AvgIpc) is 2.38. The Balaban J connectivity index is 2.24. The Labute approximate surface area is 115 Å². The molecule has 0 aromatic rings. The highest BCUT2D eigenvalue weighted by molar-refractivity contribution is 7.86. The van der Waals surface area contributed by atoms with Gasteiger partial charge in [-0.3, -0.25) is 4.79 Å². The van der Waals surface area contributed by atoms with E-state index in [0.29, 0.717) is 26.1 Å². The van der Waals surface area contributed by atoms with E-state index in [1.54, 1.807) is 4.31 Å². The Morgan fingerprint density at radius 2 is 2.00 bits per heavy atom. The van der Waals surface area contributed by atoms with Crippen LogP contribution in [0.4, 0.5) is 0 Å². The highest BCUT2D eigenvalue weighted by atomic mass is 32.2. The Bertz CT molecular complexity index is 438. The minimum absolute atomic E-state index is 0.0289. The molecule has 0 radical (unpaired) electrons. The molecule has 1 N–H and O–H groups in total. The van der Waals surface area contributed by atoms with E-state index in [2.05, 4.69) is 5.32 Å². The highest BCUT2D eigenvalue weighted by Crippen LogP contribution is 2.25. The number of rotatable bonds is 3. The molecule has 2 aliphatic heterocycles. The molecule has 2 unspecified atom stereocenters. The van der Waals surface area contributed by atoms with Crippen LogP contribution in [0, 0.1) is 0 Å². The third-order valence-electron chi connectivity index (χ3n) is 4.00. The normalized spacial score (nSPS) is 31.2. The predicted octanol–water partition coefficient (Wildman–Crippen LogP) is 0.316. The van der Waals surface area contributed by atoms with Crippen molar-refractivity contribution in [2.45, 2.75) is 51.6 Å². The second-order valence-corrected chi connectivity index (χ2v) is 7.12. The highest BCUT2D eigenvalue weighted by Gasteiger charge is 2.41. The van der Waals surface area contributed by atoms with Crippen LogP contribution < -0.4 is 5.32 Å². The molecule has 110 valence electrons. The van der Waals surface area contributed by atoms with Crippen molar-refractivity contribution in [3.8, 4) is 0 Å². The molecule has 2 fully saturated rings. The summed E-state index contributed by atoms with van der Waals surface area (Å²) < 4.78 is 28.4. The van der Waals surface area contributed by atoms with Crippen molar-refractivity contribution < 1.29 is 13.2 Å². The van der Waals surface area contributed by atoms with Crippen molar-refractivity contribution in [3.63, 3.8) is 0 Å². The van der Waals surface area contributed by atoms with Gasteiger partial charge in [0.05, 0.1) is 0 Å². The van der Waals surface area contributed by atoms with Crippen LogP contribution in [0.5, 0.6) is 0 Å². The van der Waals surface area contributed by atoms with Gasteiger partial charge in [-0.2, -0.15) is 17.0 Å². The smallest absolute Gasteiger partial charge is 0.283 e. The van der Waals surface area contributed by atoms with Gasteiger partial charge in [0.1, 0.15) is 6.04 Å². The maximum absolute atomic E-state index is 12.7.